The van der Waals surface area contributed by atoms with Gasteiger partial charge in [-0.05, 0) is 69.9 Å². The summed E-state index contributed by atoms with van der Waals surface area (Å²) in [6.07, 6.45) is 9.75. The molecule has 2 heterocycles. The van der Waals surface area contributed by atoms with Crippen LogP contribution in [0.5, 0.6) is 0 Å². The molecule has 0 amide bonds. The first-order chi connectivity index (χ1) is 14.1. The summed E-state index contributed by atoms with van der Waals surface area (Å²) in [5.74, 6) is 0. The molecule has 0 fully saturated rings. The Hall–Kier alpha value is -1.62. The number of rotatable bonds is 5. The third-order valence-electron chi connectivity index (χ3n) is 5.42. The van der Waals surface area contributed by atoms with E-state index in [2.05, 4.69) is 85.0 Å². The normalized spacial score (nSPS) is 12.4. The maximum absolute atomic E-state index is 4.43. The summed E-state index contributed by atoms with van der Waals surface area (Å²) in [5.41, 5.74) is 6.07. The van der Waals surface area contributed by atoms with E-state index in [-0.39, 0.29) is 10.8 Å². The molecule has 3 aromatic rings. The molecular weight excluding hydrogens is 402 g/mol. The van der Waals surface area contributed by atoms with Gasteiger partial charge in [-0.1, -0.05) is 65.8 Å². The summed E-state index contributed by atoms with van der Waals surface area (Å²) >= 11 is 0. The van der Waals surface area contributed by atoms with Crippen LogP contribution in [0, 0.1) is 0 Å². The van der Waals surface area contributed by atoms with Crippen molar-refractivity contribution in [3.05, 3.63) is 83.4 Å². The molecule has 2 aromatic heterocycles. The van der Waals surface area contributed by atoms with Crippen molar-refractivity contribution >= 4 is 27.8 Å². The zero-order valence-corrected chi connectivity index (χ0v) is 21.2. The Morgan fingerprint density at radius 3 is 1.77 bits per heavy atom. The minimum atomic E-state index is -0.595. The van der Waals surface area contributed by atoms with Crippen molar-refractivity contribution in [2.75, 3.05) is 0 Å². The van der Waals surface area contributed by atoms with E-state index < -0.39 is 7.92 Å². The van der Waals surface area contributed by atoms with Gasteiger partial charge in [0, 0.05) is 30.9 Å². The van der Waals surface area contributed by atoms with Gasteiger partial charge in [0.05, 0.1) is 0 Å². The van der Waals surface area contributed by atoms with Crippen LogP contribution in [0.3, 0.4) is 0 Å². The molecule has 158 valence electrons. The Bertz CT molecular complexity index is 932. The second kappa shape index (κ2) is 9.25. The highest BCUT2D eigenvalue weighted by atomic mass is 31.1. The average molecular weight is 437 g/mol. The molecule has 4 heteroatoms. The van der Waals surface area contributed by atoms with E-state index in [1.54, 1.807) is 0 Å². The van der Waals surface area contributed by atoms with Crippen LogP contribution in [0.2, 0.25) is 0 Å². The lowest BCUT2D eigenvalue weighted by Gasteiger charge is -2.35. The van der Waals surface area contributed by atoms with Crippen LogP contribution in [0.4, 0.5) is 0 Å². The standard InChI is InChI=1S/C26H34N2P2/c1-25(2,3)23-12-11-19(17-29)22(24(23)26(4,5)6)18-30(20-9-7-13-27-15-20)21-10-8-14-28-16-21/h7-16H,17-18,29H2,1-6H3. The van der Waals surface area contributed by atoms with Crippen LogP contribution in [0.25, 0.3) is 0 Å². The van der Waals surface area contributed by atoms with E-state index in [0.717, 1.165) is 12.3 Å². The minimum Gasteiger partial charge on any atom is -0.264 e. The summed E-state index contributed by atoms with van der Waals surface area (Å²) in [7, 11) is 2.34. The molecule has 0 bridgehead atoms. The monoisotopic (exact) mass is 436 g/mol. The molecule has 0 saturated heterocycles. The van der Waals surface area contributed by atoms with E-state index in [4.69, 9.17) is 0 Å². The van der Waals surface area contributed by atoms with Crippen LogP contribution in [-0.4, -0.2) is 9.97 Å². The lowest BCUT2D eigenvalue weighted by Crippen LogP contribution is -2.25. The predicted octanol–water partition coefficient (Wildman–Crippen LogP) is 6.08. The second-order valence-corrected chi connectivity index (χ2v) is 12.5. The fourth-order valence-electron chi connectivity index (χ4n) is 4.06. The van der Waals surface area contributed by atoms with Gasteiger partial charge in [-0.15, -0.1) is 9.24 Å². The van der Waals surface area contributed by atoms with E-state index >= 15 is 0 Å². The number of benzene rings is 1. The summed E-state index contributed by atoms with van der Waals surface area (Å²) in [4.78, 5) is 8.87. The van der Waals surface area contributed by atoms with Gasteiger partial charge >= 0.3 is 0 Å². The van der Waals surface area contributed by atoms with Gasteiger partial charge in [-0.25, -0.2) is 0 Å². The van der Waals surface area contributed by atoms with Crippen LogP contribution in [-0.2, 0) is 23.2 Å². The van der Waals surface area contributed by atoms with Crippen molar-refractivity contribution < 1.29 is 0 Å². The smallest absolute Gasteiger partial charge is 0.0348 e. The third kappa shape index (κ3) is 5.16. The van der Waals surface area contributed by atoms with Gasteiger partial charge in [-0.3, -0.25) is 9.97 Å². The predicted molar refractivity (Wildman–Crippen MR) is 136 cm³/mol. The molecule has 0 saturated carbocycles. The Labute approximate surface area is 185 Å². The Morgan fingerprint density at radius 1 is 0.800 bits per heavy atom. The second-order valence-electron chi connectivity index (χ2n) is 9.84. The van der Waals surface area contributed by atoms with Gasteiger partial charge in [0.2, 0.25) is 0 Å². The first-order valence-electron chi connectivity index (χ1n) is 10.6. The molecule has 0 radical (unpaired) electrons. The number of pyridine rings is 2. The van der Waals surface area contributed by atoms with Gasteiger partial charge in [0.15, 0.2) is 0 Å². The Morgan fingerprint density at radius 2 is 1.37 bits per heavy atom. The van der Waals surface area contributed by atoms with Crippen molar-refractivity contribution in [1.29, 1.82) is 0 Å². The molecule has 1 unspecified atom stereocenters. The first kappa shape index (κ1) is 23.1. The quantitative estimate of drug-likeness (QED) is 0.453. The molecule has 0 N–H and O–H groups in total. The molecule has 0 aliphatic rings. The fourth-order valence-corrected chi connectivity index (χ4v) is 6.73. The summed E-state index contributed by atoms with van der Waals surface area (Å²) in [5, 5.41) is 2.60. The van der Waals surface area contributed by atoms with Crippen molar-refractivity contribution in [3.8, 4) is 0 Å². The Balaban J connectivity index is 2.24. The minimum absolute atomic E-state index is 0.0681. The zero-order valence-electron chi connectivity index (χ0n) is 19.1. The van der Waals surface area contributed by atoms with Gasteiger partial charge in [0.1, 0.15) is 0 Å². The maximum atomic E-state index is 4.43. The molecular formula is C26H34N2P2. The lowest BCUT2D eigenvalue weighted by molar-refractivity contribution is 0.526. The largest absolute Gasteiger partial charge is 0.264 e. The number of hydrogen-bond acceptors (Lipinski definition) is 2. The molecule has 30 heavy (non-hydrogen) atoms. The Kier molecular flexibility index (Phi) is 7.11. The number of aromatic nitrogens is 2. The number of hydrogen-bond donors (Lipinski definition) is 0. The van der Waals surface area contributed by atoms with Gasteiger partial charge in [0.25, 0.3) is 0 Å². The summed E-state index contributed by atoms with van der Waals surface area (Å²) < 4.78 is 0. The molecule has 3 rings (SSSR count). The van der Waals surface area contributed by atoms with E-state index in [0.29, 0.717) is 0 Å². The lowest BCUT2D eigenvalue weighted by atomic mass is 9.72. The number of nitrogens with zero attached hydrogens (tertiary/aromatic N) is 2. The fraction of sp³-hybridized carbons (Fsp3) is 0.385. The molecule has 1 atom stereocenters. The van der Waals surface area contributed by atoms with E-state index in [9.17, 15) is 0 Å². The molecule has 0 aliphatic heterocycles. The summed E-state index contributed by atoms with van der Waals surface area (Å²) in [6.45, 7) is 14.0. The highest BCUT2D eigenvalue weighted by molar-refractivity contribution is 7.72. The highest BCUT2D eigenvalue weighted by Gasteiger charge is 2.30. The van der Waals surface area contributed by atoms with Crippen LogP contribution >= 0.6 is 17.2 Å². The molecule has 1 aromatic carbocycles. The van der Waals surface area contributed by atoms with Crippen molar-refractivity contribution in [2.24, 2.45) is 0 Å². The average Bonchev–Trinajstić information content (AvgIpc) is 2.71. The molecule has 2 nitrogen and oxygen atoms in total. The first-order valence-corrected chi connectivity index (χ1v) is 12.9. The van der Waals surface area contributed by atoms with Crippen molar-refractivity contribution in [3.63, 3.8) is 0 Å². The topological polar surface area (TPSA) is 25.8 Å². The molecule has 0 aliphatic carbocycles. The SMILES string of the molecule is CC(C)(C)c1ccc(CP)c(CP(c2cccnc2)c2cccnc2)c1C(C)(C)C. The van der Waals surface area contributed by atoms with Gasteiger partial charge in [-0.2, -0.15) is 0 Å². The zero-order chi connectivity index (χ0) is 21.9. The van der Waals surface area contributed by atoms with Crippen LogP contribution in [0.1, 0.15) is 63.8 Å². The van der Waals surface area contributed by atoms with E-state index in [1.165, 1.54) is 32.9 Å². The van der Waals surface area contributed by atoms with Crippen molar-refractivity contribution in [2.45, 2.75) is 64.7 Å². The third-order valence-corrected chi connectivity index (χ3v) is 8.27. The summed E-state index contributed by atoms with van der Waals surface area (Å²) in [6, 6.07) is 13.2. The highest BCUT2D eigenvalue weighted by Crippen LogP contribution is 2.45. The van der Waals surface area contributed by atoms with E-state index in [1.807, 2.05) is 36.9 Å². The van der Waals surface area contributed by atoms with Crippen LogP contribution in [0.15, 0.2) is 61.2 Å². The maximum Gasteiger partial charge on any atom is 0.0348 e. The molecule has 0 spiro atoms. The van der Waals surface area contributed by atoms with Gasteiger partial charge < -0.3 is 0 Å². The van der Waals surface area contributed by atoms with Crippen LogP contribution < -0.4 is 10.6 Å². The van der Waals surface area contributed by atoms with Crippen molar-refractivity contribution in [1.82, 2.24) is 9.97 Å².